The van der Waals surface area contributed by atoms with Crippen LogP contribution in [0.1, 0.15) is 18.1 Å². The van der Waals surface area contributed by atoms with Crippen molar-refractivity contribution >= 4 is 11.5 Å². The second-order valence-electron chi connectivity index (χ2n) is 5.08. The Bertz CT molecular complexity index is 630. The molecule has 0 saturated carbocycles. The summed E-state index contributed by atoms with van der Waals surface area (Å²) in [5.74, 6) is 0.782. The highest BCUT2D eigenvalue weighted by molar-refractivity contribution is 5.94. The van der Waals surface area contributed by atoms with Crippen LogP contribution >= 0.6 is 0 Å². The van der Waals surface area contributed by atoms with Crippen molar-refractivity contribution in [2.24, 2.45) is 0 Å². The van der Waals surface area contributed by atoms with Crippen LogP contribution in [0.2, 0.25) is 0 Å². The minimum absolute atomic E-state index is 0.0603. The van der Waals surface area contributed by atoms with Gasteiger partial charge in [-0.3, -0.25) is 4.79 Å². The van der Waals surface area contributed by atoms with Gasteiger partial charge in [0, 0.05) is 12.6 Å². The SMILES string of the molecule is COc1ccc(CCNC(=O)/C=C(\C)c2ccccc2)cc1. The maximum Gasteiger partial charge on any atom is 0.244 e. The third-order valence-electron chi connectivity index (χ3n) is 3.45. The maximum absolute atomic E-state index is 11.9. The van der Waals surface area contributed by atoms with E-state index in [4.69, 9.17) is 4.74 Å². The van der Waals surface area contributed by atoms with Crippen LogP contribution in [-0.2, 0) is 11.2 Å². The number of ether oxygens (including phenoxy) is 1. The highest BCUT2D eigenvalue weighted by atomic mass is 16.5. The summed E-state index contributed by atoms with van der Waals surface area (Å²) in [6.45, 7) is 2.56. The first kappa shape index (κ1) is 15.8. The second-order valence-corrected chi connectivity index (χ2v) is 5.08. The molecule has 114 valence electrons. The Morgan fingerprint density at radius 2 is 1.77 bits per heavy atom. The molecule has 0 saturated heterocycles. The molecule has 2 aromatic rings. The van der Waals surface area contributed by atoms with Gasteiger partial charge in [-0.05, 0) is 42.2 Å². The zero-order valence-electron chi connectivity index (χ0n) is 13.0. The van der Waals surface area contributed by atoms with Crippen LogP contribution in [0.4, 0.5) is 0 Å². The second kappa shape index (κ2) is 8.03. The third kappa shape index (κ3) is 4.77. The predicted molar refractivity (Wildman–Crippen MR) is 89.8 cm³/mol. The van der Waals surface area contributed by atoms with E-state index in [9.17, 15) is 4.79 Å². The van der Waals surface area contributed by atoms with Crippen LogP contribution in [0.15, 0.2) is 60.7 Å². The number of carbonyl (C=O) groups excluding carboxylic acids is 1. The predicted octanol–water partition coefficient (Wildman–Crippen LogP) is 3.46. The van der Waals surface area contributed by atoms with Gasteiger partial charge in [-0.25, -0.2) is 0 Å². The largest absolute Gasteiger partial charge is 0.497 e. The monoisotopic (exact) mass is 295 g/mol. The molecule has 2 rings (SSSR count). The van der Waals surface area contributed by atoms with Gasteiger partial charge in [-0.2, -0.15) is 0 Å². The van der Waals surface area contributed by atoms with Crippen molar-refractivity contribution in [3.63, 3.8) is 0 Å². The van der Waals surface area contributed by atoms with Gasteiger partial charge in [-0.1, -0.05) is 42.5 Å². The van der Waals surface area contributed by atoms with Crippen LogP contribution in [0.3, 0.4) is 0 Å². The van der Waals surface area contributed by atoms with Crippen molar-refractivity contribution in [2.45, 2.75) is 13.3 Å². The smallest absolute Gasteiger partial charge is 0.244 e. The van der Waals surface area contributed by atoms with E-state index in [0.717, 1.165) is 23.3 Å². The highest BCUT2D eigenvalue weighted by Crippen LogP contribution is 2.13. The van der Waals surface area contributed by atoms with Crippen molar-refractivity contribution in [2.75, 3.05) is 13.7 Å². The zero-order chi connectivity index (χ0) is 15.8. The van der Waals surface area contributed by atoms with Crippen molar-refractivity contribution in [3.8, 4) is 5.75 Å². The Balaban J connectivity index is 1.82. The van der Waals surface area contributed by atoms with E-state index in [2.05, 4.69) is 5.32 Å². The van der Waals surface area contributed by atoms with Gasteiger partial charge in [0.25, 0.3) is 0 Å². The van der Waals surface area contributed by atoms with E-state index in [1.165, 1.54) is 5.56 Å². The van der Waals surface area contributed by atoms with Crippen molar-refractivity contribution in [3.05, 3.63) is 71.8 Å². The molecule has 0 unspecified atom stereocenters. The van der Waals surface area contributed by atoms with Gasteiger partial charge >= 0.3 is 0 Å². The van der Waals surface area contributed by atoms with E-state index in [-0.39, 0.29) is 5.91 Å². The van der Waals surface area contributed by atoms with E-state index in [1.54, 1.807) is 13.2 Å². The summed E-state index contributed by atoms with van der Waals surface area (Å²) in [7, 11) is 1.65. The van der Waals surface area contributed by atoms with Crippen LogP contribution < -0.4 is 10.1 Å². The number of rotatable bonds is 6. The van der Waals surface area contributed by atoms with E-state index < -0.39 is 0 Å². The molecule has 3 nitrogen and oxygen atoms in total. The number of nitrogens with one attached hydrogen (secondary N) is 1. The summed E-state index contributed by atoms with van der Waals surface area (Å²) in [6, 6.07) is 17.8. The van der Waals surface area contributed by atoms with Crippen LogP contribution in [0, 0.1) is 0 Å². The fourth-order valence-corrected chi connectivity index (χ4v) is 2.15. The number of hydrogen-bond acceptors (Lipinski definition) is 2. The fraction of sp³-hybridized carbons (Fsp3) is 0.211. The maximum atomic E-state index is 11.9. The summed E-state index contributed by atoms with van der Waals surface area (Å²) < 4.78 is 5.12. The van der Waals surface area contributed by atoms with Crippen molar-refractivity contribution in [1.29, 1.82) is 0 Å². The topological polar surface area (TPSA) is 38.3 Å². The molecule has 0 aliphatic rings. The van der Waals surface area contributed by atoms with Crippen LogP contribution in [0.5, 0.6) is 5.75 Å². The molecule has 1 N–H and O–H groups in total. The molecular weight excluding hydrogens is 274 g/mol. The quantitative estimate of drug-likeness (QED) is 0.829. The van der Waals surface area contributed by atoms with Gasteiger partial charge in [0.2, 0.25) is 5.91 Å². The number of benzene rings is 2. The minimum atomic E-state index is -0.0603. The Hall–Kier alpha value is -2.55. The number of methoxy groups -OCH3 is 1. The number of allylic oxidation sites excluding steroid dienone is 1. The average molecular weight is 295 g/mol. The number of amides is 1. The zero-order valence-corrected chi connectivity index (χ0v) is 13.0. The average Bonchev–Trinajstić information content (AvgIpc) is 2.56. The lowest BCUT2D eigenvalue weighted by molar-refractivity contribution is -0.116. The summed E-state index contributed by atoms with van der Waals surface area (Å²) in [5, 5.41) is 2.91. The molecule has 22 heavy (non-hydrogen) atoms. The summed E-state index contributed by atoms with van der Waals surface area (Å²) in [4.78, 5) is 11.9. The molecule has 0 radical (unpaired) electrons. The standard InChI is InChI=1S/C19H21NO2/c1-15(17-6-4-3-5-7-17)14-19(21)20-13-12-16-8-10-18(22-2)11-9-16/h3-11,14H,12-13H2,1-2H3,(H,20,21)/b15-14+. The molecule has 0 fully saturated rings. The van der Waals surface area contributed by atoms with Gasteiger partial charge in [0.15, 0.2) is 0 Å². The molecule has 0 heterocycles. The Kier molecular flexibility index (Phi) is 5.78. The van der Waals surface area contributed by atoms with Gasteiger partial charge in [0.05, 0.1) is 7.11 Å². The van der Waals surface area contributed by atoms with Crippen molar-refractivity contribution in [1.82, 2.24) is 5.32 Å². The summed E-state index contributed by atoms with van der Waals surface area (Å²) >= 11 is 0. The number of carbonyl (C=O) groups is 1. The normalized spacial score (nSPS) is 11.1. The molecular formula is C19H21NO2. The lowest BCUT2D eigenvalue weighted by Gasteiger charge is -2.05. The van der Waals surface area contributed by atoms with Gasteiger partial charge in [-0.15, -0.1) is 0 Å². The van der Waals surface area contributed by atoms with Gasteiger partial charge < -0.3 is 10.1 Å². The van der Waals surface area contributed by atoms with Crippen molar-refractivity contribution < 1.29 is 9.53 Å². The molecule has 0 aliphatic heterocycles. The first-order chi connectivity index (χ1) is 10.7. The fourth-order valence-electron chi connectivity index (χ4n) is 2.15. The Labute approximate surface area is 131 Å². The molecule has 0 spiro atoms. The Morgan fingerprint density at radius 3 is 2.41 bits per heavy atom. The van der Waals surface area contributed by atoms with E-state index in [0.29, 0.717) is 6.54 Å². The molecule has 2 aromatic carbocycles. The van der Waals surface area contributed by atoms with E-state index in [1.807, 2.05) is 61.5 Å². The van der Waals surface area contributed by atoms with Gasteiger partial charge in [0.1, 0.15) is 5.75 Å². The molecule has 0 bridgehead atoms. The lowest BCUT2D eigenvalue weighted by Crippen LogP contribution is -2.23. The molecule has 1 amide bonds. The highest BCUT2D eigenvalue weighted by Gasteiger charge is 2.00. The molecule has 0 atom stereocenters. The van der Waals surface area contributed by atoms with Crippen LogP contribution in [-0.4, -0.2) is 19.6 Å². The summed E-state index contributed by atoms with van der Waals surface area (Å²) in [6.07, 6.45) is 2.44. The first-order valence-corrected chi connectivity index (χ1v) is 7.33. The molecule has 0 aromatic heterocycles. The lowest BCUT2D eigenvalue weighted by atomic mass is 10.1. The molecule has 3 heteroatoms. The first-order valence-electron chi connectivity index (χ1n) is 7.33. The van der Waals surface area contributed by atoms with Crippen LogP contribution in [0.25, 0.3) is 5.57 Å². The van der Waals surface area contributed by atoms with E-state index >= 15 is 0 Å². The third-order valence-corrected chi connectivity index (χ3v) is 3.45. The number of hydrogen-bond donors (Lipinski definition) is 1. The Morgan fingerprint density at radius 1 is 1.09 bits per heavy atom. The summed E-state index contributed by atoms with van der Waals surface area (Å²) in [5.41, 5.74) is 3.19. The molecule has 0 aliphatic carbocycles. The minimum Gasteiger partial charge on any atom is -0.497 e.